The van der Waals surface area contributed by atoms with Gasteiger partial charge >= 0.3 is 0 Å². The highest BCUT2D eigenvalue weighted by Crippen LogP contribution is 2.13. The van der Waals surface area contributed by atoms with Crippen molar-refractivity contribution >= 4 is 10.1 Å². The monoisotopic (exact) mass is 176 g/mol. The van der Waals surface area contributed by atoms with Gasteiger partial charge in [-0.15, -0.1) is 0 Å². The van der Waals surface area contributed by atoms with E-state index in [9.17, 15) is 8.42 Å². The van der Waals surface area contributed by atoms with E-state index in [0.29, 0.717) is 0 Å². The summed E-state index contributed by atoms with van der Waals surface area (Å²) in [7, 11) is -3.21. The maximum Gasteiger partial charge on any atom is 0.271 e. The largest absolute Gasteiger partial charge is 0.271 e. The Kier molecular flexibility index (Phi) is 2.67. The summed E-state index contributed by atoms with van der Waals surface area (Å²) in [6.45, 7) is 2.32. The zero-order valence-electron chi connectivity index (χ0n) is 6.54. The standard InChI is InChI=1S/C7H12O3S/c1-2-3-7-4-5-11(8,9)10-6-7/h4H,2-3,5-6H2,1H3. The minimum atomic E-state index is -3.21. The van der Waals surface area contributed by atoms with Gasteiger partial charge in [0.15, 0.2) is 0 Å². The Bertz CT molecular complexity index is 251. The van der Waals surface area contributed by atoms with Gasteiger partial charge in [0.2, 0.25) is 0 Å². The average molecular weight is 176 g/mol. The van der Waals surface area contributed by atoms with E-state index >= 15 is 0 Å². The van der Waals surface area contributed by atoms with Crippen molar-refractivity contribution in [2.45, 2.75) is 19.8 Å². The van der Waals surface area contributed by atoms with Gasteiger partial charge in [-0.3, -0.25) is 4.18 Å². The van der Waals surface area contributed by atoms with E-state index in [1.165, 1.54) is 0 Å². The molecule has 0 aromatic carbocycles. The minimum absolute atomic E-state index is 0.0440. The van der Waals surface area contributed by atoms with Gasteiger partial charge in [-0.25, -0.2) is 0 Å². The molecule has 64 valence electrons. The van der Waals surface area contributed by atoms with Crippen LogP contribution in [0.1, 0.15) is 19.8 Å². The molecule has 1 aliphatic heterocycles. The molecule has 3 nitrogen and oxygen atoms in total. The Balaban J connectivity index is 2.58. The maximum absolute atomic E-state index is 10.7. The van der Waals surface area contributed by atoms with Gasteiger partial charge in [0.05, 0.1) is 12.4 Å². The van der Waals surface area contributed by atoms with Gasteiger partial charge in [-0.1, -0.05) is 19.4 Å². The van der Waals surface area contributed by atoms with Crippen LogP contribution < -0.4 is 0 Å². The van der Waals surface area contributed by atoms with Crippen LogP contribution in [0.3, 0.4) is 0 Å². The molecule has 0 atom stereocenters. The Morgan fingerprint density at radius 3 is 2.82 bits per heavy atom. The third kappa shape index (κ3) is 2.63. The Morgan fingerprint density at radius 1 is 1.64 bits per heavy atom. The summed E-state index contributed by atoms with van der Waals surface area (Å²) in [4.78, 5) is 0. The summed E-state index contributed by atoms with van der Waals surface area (Å²) >= 11 is 0. The van der Waals surface area contributed by atoms with Crippen LogP contribution in [-0.4, -0.2) is 20.8 Å². The van der Waals surface area contributed by atoms with Gasteiger partial charge < -0.3 is 0 Å². The molecule has 4 heteroatoms. The molecule has 0 radical (unpaired) electrons. The van der Waals surface area contributed by atoms with Crippen LogP contribution in [0.5, 0.6) is 0 Å². The lowest BCUT2D eigenvalue weighted by Gasteiger charge is -2.12. The fraction of sp³-hybridized carbons (Fsp3) is 0.714. The van der Waals surface area contributed by atoms with E-state index in [2.05, 4.69) is 11.1 Å². The Morgan fingerprint density at radius 2 is 2.36 bits per heavy atom. The fourth-order valence-electron chi connectivity index (χ4n) is 0.988. The molecule has 11 heavy (non-hydrogen) atoms. The summed E-state index contributed by atoms with van der Waals surface area (Å²) in [5.41, 5.74) is 1.10. The van der Waals surface area contributed by atoms with Gasteiger partial charge in [0.1, 0.15) is 0 Å². The van der Waals surface area contributed by atoms with E-state index in [1.54, 1.807) is 6.08 Å². The Hall–Kier alpha value is -0.350. The molecule has 1 heterocycles. The highest BCUT2D eigenvalue weighted by molar-refractivity contribution is 7.86. The van der Waals surface area contributed by atoms with Crippen molar-refractivity contribution < 1.29 is 12.6 Å². The zero-order chi connectivity index (χ0) is 8.32. The summed E-state index contributed by atoms with van der Waals surface area (Å²) in [5, 5.41) is 0. The van der Waals surface area contributed by atoms with E-state index < -0.39 is 10.1 Å². The summed E-state index contributed by atoms with van der Waals surface area (Å²) in [6, 6.07) is 0. The topological polar surface area (TPSA) is 43.4 Å². The van der Waals surface area contributed by atoms with E-state index in [4.69, 9.17) is 0 Å². The first-order valence-corrected chi connectivity index (χ1v) is 5.27. The van der Waals surface area contributed by atoms with Gasteiger partial charge in [0.25, 0.3) is 10.1 Å². The van der Waals surface area contributed by atoms with Crippen molar-refractivity contribution in [3.8, 4) is 0 Å². The van der Waals surface area contributed by atoms with Gasteiger partial charge in [-0.2, -0.15) is 8.42 Å². The van der Waals surface area contributed by atoms with E-state index in [-0.39, 0.29) is 12.4 Å². The first-order valence-electron chi connectivity index (χ1n) is 3.69. The summed E-state index contributed by atoms with van der Waals surface area (Å²) < 4.78 is 26.1. The molecular weight excluding hydrogens is 164 g/mol. The molecule has 0 spiro atoms. The molecule has 0 amide bonds. The summed E-state index contributed by atoms with van der Waals surface area (Å²) in [6.07, 6.45) is 3.73. The molecule has 1 aliphatic rings. The van der Waals surface area contributed by atoms with Crippen LogP contribution in [0.2, 0.25) is 0 Å². The molecule has 0 fully saturated rings. The van der Waals surface area contributed by atoms with Crippen LogP contribution in [0.15, 0.2) is 11.6 Å². The normalized spacial score (nSPS) is 22.8. The fourth-order valence-corrected chi connectivity index (χ4v) is 1.85. The molecular formula is C7H12O3S. The third-order valence-corrected chi connectivity index (χ3v) is 2.62. The minimum Gasteiger partial charge on any atom is -0.265 e. The lowest BCUT2D eigenvalue weighted by Crippen LogP contribution is -2.16. The van der Waals surface area contributed by atoms with Crippen molar-refractivity contribution in [1.29, 1.82) is 0 Å². The molecule has 1 rings (SSSR count). The maximum atomic E-state index is 10.7. The molecule has 0 saturated carbocycles. The van der Waals surface area contributed by atoms with Gasteiger partial charge in [0, 0.05) is 0 Å². The SMILES string of the molecule is CCCC1=CCS(=O)(=O)OC1. The van der Waals surface area contributed by atoms with Crippen LogP contribution >= 0.6 is 0 Å². The zero-order valence-corrected chi connectivity index (χ0v) is 7.36. The molecule has 0 saturated heterocycles. The summed E-state index contributed by atoms with van der Waals surface area (Å²) in [5.74, 6) is 0.0440. The second kappa shape index (κ2) is 3.36. The molecule has 0 bridgehead atoms. The number of rotatable bonds is 2. The van der Waals surface area contributed by atoms with Gasteiger partial charge in [-0.05, 0) is 12.0 Å². The third-order valence-electron chi connectivity index (χ3n) is 1.57. The Labute approximate surface area is 67.2 Å². The number of hydrogen-bond acceptors (Lipinski definition) is 3. The smallest absolute Gasteiger partial charge is 0.265 e. The average Bonchev–Trinajstić information content (AvgIpc) is 1.94. The van der Waals surface area contributed by atoms with Crippen molar-refractivity contribution in [3.05, 3.63) is 11.6 Å². The van der Waals surface area contributed by atoms with Crippen LogP contribution in [0.25, 0.3) is 0 Å². The number of hydrogen-bond donors (Lipinski definition) is 0. The molecule has 0 aliphatic carbocycles. The lowest BCUT2D eigenvalue weighted by molar-refractivity contribution is 0.339. The van der Waals surface area contributed by atoms with Crippen molar-refractivity contribution in [1.82, 2.24) is 0 Å². The van der Waals surface area contributed by atoms with Crippen LogP contribution in [-0.2, 0) is 14.3 Å². The second-order valence-electron chi connectivity index (χ2n) is 2.60. The van der Waals surface area contributed by atoms with Crippen LogP contribution in [0.4, 0.5) is 0 Å². The predicted molar refractivity (Wildman–Crippen MR) is 42.7 cm³/mol. The van der Waals surface area contributed by atoms with Crippen LogP contribution in [0, 0.1) is 0 Å². The molecule has 0 unspecified atom stereocenters. The lowest BCUT2D eigenvalue weighted by atomic mass is 10.1. The first kappa shape index (κ1) is 8.74. The van der Waals surface area contributed by atoms with Crippen molar-refractivity contribution in [2.24, 2.45) is 0 Å². The van der Waals surface area contributed by atoms with E-state index in [1.807, 2.05) is 0 Å². The highest BCUT2D eigenvalue weighted by Gasteiger charge is 2.15. The molecule has 0 aromatic heterocycles. The quantitative estimate of drug-likeness (QED) is 0.467. The second-order valence-corrected chi connectivity index (χ2v) is 4.28. The van der Waals surface area contributed by atoms with Crippen molar-refractivity contribution in [2.75, 3.05) is 12.4 Å². The molecule has 0 N–H and O–H groups in total. The highest BCUT2D eigenvalue weighted by atomic mass is 32.2. The molecule has 0 aromatic rings. The predicted octanol–water partition coefficient (Wildman–Crippen LogP) is 1.07. The van der Waals surface area contributed by atoms with Crippen molar-refractivity contribution in [3.63, 3.8) is 0 Å². The first-order chi connectivity index (χ1) is 5.14. The van der Waals surface area contributed by atoms with E-state index in [0.717, 1.165) is 18.4 Å².